The Kier molecular flexibility index (Phi) is 2.90. The van der Waals surface area contributed by atoms with Crippen LogP contribution in [0.3, 0.4) is 0 Å². The van der Waals surface area contributed by atoms with Crippen molar-refractivity contribution in [1.29, 1.82) is 0 Å². The van der Waals surface area contributed by atoms with Crippen LogP contribution in [0, 0.1) is 0 Å². The normalized spacial score (nSPS) is 30.0. The maximum atomic E-state index is 12.1. The SMILES string of the molecule is CN1CC[C@H](F)C1.F. The third-order valence-corrected chi connectivity index (χ3v) is 1.33. The number of rotatable bonds is 0. The zero-order valence-corrected chi connectivity index (χ0v) is 4.93. The molecule has 1 atom stereocenters. The molecule has 1 aliphatic heterocycles. The molecule has 0 aromatic rings. The van der Waals surface area contributed by atoms with Crippen molar-refractivity contribution in [3.05, 3.63) is 0 Å². The molecule has 8 heavy (non-hydrogen) atoms. The van der Waals surface area contributed by atoms with Crippen molar-refractivity contribution in [2.75, 3.05) is 20.1 Å². The standard InChI is InChI=1S/C5H10FN.FH/c1-7-3-2-5(6)4-7;/h5H,2-4H2,1H3;1H/t5-;/m0./s1. The zero-order chi connectivity index (χ0) is 5.28. The average molecular weight is 123 g/mol. The highest BCUT2D eigenvalue weighted by atomic mass is 19.1. The average Bonchev–Trinajstić information content (AvgIpc) is 1.87. The first-order chi connectivity index (χ1) is 3.29. The molecule has 0 aromatic heterocycles. The molecule has 1 nitrogen and oxygen atoms in total. The lowest BCUT2D eigenvalue weighted by Crippen LogP contribution is -2.13. The minimum absolute atomic E-state index is 0. The minimum atomic E-state index is -0.551. The van der Waals surface area contributed by atoms with Crippen LogP contribution in [0.1, 0.15) is 6.42 Å². The second kappa shape index (κ2) is 2.97. The van der Waals surface area contributed by atoms with Crippen LogP contribution < -0.4 is 0 Å². The summed E-state index contributed by atoms with van der Waals surface area (Å²) >= 11 is 0. The lowest BCUT2D eigenvalue weighted by molar-refractivity contribution is 0.321. The van der Waals surface area contributed by atoms with Crippen molar-refractivity contribution in [3.8, 4) is 0 Å². The fourth-order valence-corrected chi connectivity index (χ4v) is 0.881. The van der Waals surface area contributed by atoms with Crippen LogP contribution >= 0.6 is 0 Å². The molecule has 0 saturated carbocycles. The maximum absolute atomic E-state index is 12.1. The first kappa shape index (κ1) is 7.82. The van der Waals surface area contributed by atoms with Gasteiger partial charge in [-0.15, -0.1) is 0 Å². The van der Waals surface area contributed by atoms with Gasteiger partial charge in [0.15, 0.2) is 0 Å². The topological polar surface area (TPSA) is 3.24 Å². The summed E-state index contributed by atoms with van der Waals surface area (Å²) in [6.45, 7) is 1.57. The third-order valence-electron chi connectivity index (χ3n) is 1.33. The number of hydrogen-bond donors (Lipinski definition) is 0. The Morgan fingerprint density at radius 1 is 1.62 bits per heavy atom. The Labute approximate surface area is 47.8 Å². The number of alkyl halides is 1. The molecule has 1 saturated heterocycles. The molecule has 1 aliphatic rings. The molecule has 0 N–H and O–H groups in total. The Balaban J connectivity index is 0.000000490. The fourth-order valence-electron chi connectivity index (χ4n) is 0.881. The summed E-state index contributed by atoms with van der Waals surface area (Å²) in [7, 11) is 1.94. The summed E-state index contributed by atoms with van der Waals surface area (Å²) in [5, 5.41) is 0. The van der Waals surface area contributed by atoms with Gasteiger partial charge in [0.2, 0.25) is 0 Å². The fraction of sp³-hybridized carbons (Fsp3) is 1.00. The van der Waals surface area contributed by atoms with Crippen LogP contribution in [-0.4, -0.2) is 31.2 Å². The van der Waals surface area contributed by atoms with E-state index in [0.717, 1.165) is 13.0 Å². The van der Waals surface area contributed by atoms with Gasteiger partial charge in [-0.2, -0.15) is 0 Å². The van der Waals surface area contributed by atoms with E-state index >= 15 is 0 Å². The van der Waals surface area contributed by atoms with Gasteiger partial charge in [0.05, 0.1) is 0 Å². The van der Waals surface area contributed by atoms with Crippen molar-refractivity contribution in [2.24, 2.45) is 0 Å². The summed E-state index contributed by atoms with van der Waals surface area (Å²) in [6, 6.07) is 0. The first-order valence-electron chi connectivity index (χ1n) is 2.61. The molecule has 1 rings (SSSR count). The van der Waals surface area contributed by atoms with E-state index in [-0.39, 0.29) is 4.70 Å². The van der Waals surface area contributed by atoms with E-state index in [1.54, 1.807) is 0 Å². The highest BCUT2D eigenvalue weighted by molar-refractivity contribution is 4.70. The summed E-state index contributed by atoms with van der Waals surface area (Å²) in [5.74, 6) is 0. The van der Waals surface area contributed by atoms with E-state index in [0.29, 0.717) is 6.54 Å². The lowest BCUT2D eigenvalue weighted by atomic mass is 10.4. The quantitative estimate of drug-likeness (QED) is 0.460. The second-order valence-corrected chi connectivity index (χ2v) is 2.15. The number of nitrogens with zero attached hydrogens (tertiary/aromatic N) is 1. The third kappa shape index (κ3) is 1.74. The predicted octanol–water partition coefficient (Wildman–Crippen LogP) is 0.812. The molecule has 50 valence electrons. The molecule has 0 unspecified atom stereocenters. The Bertz CT molecular complexity index is 59.4. The van der Waals surface area contributed by atoms with E-state index in [1.165, 1.54) is 0 Å². The highest BCUT2D eigenvalue weighted by Gasteiger charge is 2.17. The largest absolute Gasteiger partial charge is 0.303 e. The van der Waals surface area contributed by atoms with E-state index in [2.05, 4.69) is 0 Å². The highest BCUT2D eigenvalue weighted by Crippen LogP contribution is 2.08. The van der Waals surface area contributed by atoms with Gasteiger partial charge in [-0.05, 0) is 13.5 Å². The van der Waals surface area contributed by atoms with Gasteiger partial charge < -0.3 is 4.90 Å². The lowest BCUT2D eigenvalue weighted by Gasteiger charge is -2.01. The summed E-state index contributed by atoms with van der Waals surface area (Å²) in [4.78, 5) is 2.00. The van der Waals surface area contributed by atoms with Crippen LogP contribution in [0.25, 0.3) is 0 Å². The molecule has 1 fully saturated rings. The smallest absolute Gasteiger partial charge is 0.114 e. The van der Waals surface area contributed by atoms with Crippen LogP contribution in [-0.2, 0) is 0 Å². The molecular formula is C5H11F2N. The first-order valence-corrected chi connectivity index (χ1v) is 2.61. The molecule has 0 aliphatic carbocycles. The van der Waals surface area contributed by atoms with Crippen LogP contribution in [0.2, 0.25) is 0 Å². The summed E-state index contributed by atoms with van der Waals surface area (Å²) in [5.41, 5.74) is 0. The van der Waals surface area contributed by atoms with Crippen LogP contribution in [0.5, 0.6) is 0 Å². The molecule has 0 bridgehead atoms. The van der Waals surface area contributed by atoms with Gasteiger partial charge in [-0.3, -0.25) is 4.70 Å². The number of likely N-dealkylation sites (tertiary alicyclic amines) is 1. The summed E-state index contributed by atoms with van der Waals surface area (Å²) in [6.07, 6.45) is 0.182. The van der Waals surface area contributed by atoms with Crippen molar-refractivity contribution >= 4 is 0 Å². The van der Waals surface area contributed by atoms with Crippen LogP contribution in [0.15, 0.2) is 0 Å². The van der Waals surface area contributed by atoms with Gasteiger partial charge in [-0.25, -0.2) is 4.39 Å². The van der Waals surface area contributed by atoms with Crippen molar-refractivity contribution in [2.45, 2.75) is 12.6 Å². The molecule has 1 heterocycles. The zero-order valence-electron chi connectivity index (χ0n) is 4.93. The minimum Gasteiger partial charge on any atom is -0.303 e. The van der Waals surface area contributed by atoms with E-state index in [9.17, 15) is 4.39 Å². The predicted molar refractivity (Wildman–Crippen MR) is 29.5 cm³/mol. The molecule has 0 aromatic carbocycles. The van der Waals surface area contributed by atoms with Crippen LogP contribution in [0.4, 0.5) is 9.09 Å². The van der Waals surface area contributed by atoms with Gasteiger partial charge >= 0.3 is 0 Å². The molecular weight excluding hydrogens is 112 g/mol. The Morgan fingerprint density at radius 2 is 2.25 bits per heavy atom. The van der Waals surface area contributed by atoms with E-state index < -0.39 is 6.17 Å². The monoisotopic (exact) mass is 123 g/mol. The van der Waals surface area contributed by atoms with Crippen molar-refractivity contribution in [1.82, 2.24) is 4.90 Å². The Hall–Kier alpha value is -0.180. The van der Waals surface area contributed by atoms with E-state index in [4.69, 9.17) is 0 Å². The van der Waals surface area contributed by atoms with Crippen molar-refractivity contribution < 1.29 is 9.09 Å². The van der Waals surface area contributed by atoms with Gasteiger partial charge in [0.25, 0.3) is 0 Å². The molecule has 0 amide bonds. The Morgan fingerprint density at radius 3 is 2.38 bits per heavy atom. The van der Waals surface area contributed by atoms with Gasteiger partial charge in [-0.1, -0.05) is 0 Å². The number of hydrogen-bond acceptors (Lipinski definition) is 1. The maximum Gasteiger partial charge on any atom is 0.114 e. The summed E-state index contributed by atoms with van der Waals surface area (Å²) < 4.78 is 12.1. The molecule has 0 radical (unpaired) electrons. The van der Waals surface area contributed by atoms with Gasteiger partial charge in [0, 0.05) is 13.1 Å². The van der Waals surface area contributed by atoms with E-state index in [1.807, 2.05) is 11.9 Å². The van der Waals surface area contributed by atoms with Crippen molar-refractivity contribution in [3.63, 3.8) is 0 Å². The van der Waals surface area contributed by atoms with Gasteiger partial charge in [0.1, 0.15) is 6.17 Å². The molecule has 3 heteroatoms. The second-order valence-electron chi connectivity index (χ2n) is 2.15. The molecule has 0 spiro atoms. The number of halogens is 2.